The Morgan fingerprint density at radius 3 is 0.765 bits per heavy atom. The summed E-state index contributed by atoms with van der Waals surface area (Å²) in [5.41, 5.74) is -0.795. The van der Waals surface area contributed by atoms with Crippen molar-refractivity contribution in [3.8, 4) is 0 Å². The predicted molar refractivity (Wildman–Crippen MR) is 153 cm³/mol. The van der Waals surface area contributed by atoms with Crippen LogP contribution < -0.4 is 0 Å². The maximum absolute atomic E-state index is 6.83. The van der Waals surface area contributed by atoms with Crippen molar-refractivity contribution in [2.75, 3.05) is 0 Å². The van der Waals surface area contributed by atoms with Crippen molar-refractivity contribution in [2.24, 2.45) is 0 Å². The number of hydrogen-bond donors (Lipinski definition) is 0. The van der Waals surface area contributed by atoms with Crippen LogP contribution in [0.1, 0.15) is 135 Å². The van der Waals surface area contributed by atoms with E-state index in [1.54, 1.807) is 0 Å². The van der Waals surface area contributed by atoms with Gasteiger partial charge in [0, 0.05) is 0 Å². The van der Waals surface area contributed by atoms with E-state index in [-0.39, 0.29) is 22.4 Å². The van der Waals surface area contributed by atoms with E-state index in [2.05, 4.69) is 96.9 Å². The van der Waals surface area contributed by atoms with Gasteiger partial charge in [0.05, 0.1) is 22.4 Å². The minimum atomic E-state index is -2.37. The molecule has 0 aliphatic heterocycles. The number of rotatable bonds is 15. The van der Waals surface area contributed by atoms with E-state index in [4.69, 9.17) is 17.7 Å². The molecule has 0 rings (SSSR count). The summed E-state index contributed by atoms with van der Waals surface area (Å²) in [6, 6.07) is 4.19. The predicted octanol–water partition coefficient (Wildman–Crippen LogP) is 9.51. The topological polar surface area (TPSA) is 36.9 Å². The zero-order chi connectivity index (χ0) is 26.9. The molecule has 0 fully saturated rings. The summed E-state index contributed by atoms with van der Waals surface area (Å²) < 4.78 is 27.3. The zero-order valence-electron chi connectivity index (χ0n) is 25.7. The van der Waals surface area contributed by atoms with Crippen molar-refractivity contribution in [1.82, 2.24) is 0 Å². The first-order chi connectivity index (χ1) is 15.2. The van der Waals surface area contributed by atoms with Crippen LogP contribution in [0, 0.1) is 0 Å². The molecule has 0 aromatic heterocycles. The van der Waals surface area contributed by atoms with Gasteiger partial charge >= 0.3 is 17.1 Å². The number of hydrogen-bond acceptors (Lipinski definition) is 4. The molecule has 206 valence electrons. The summed E-state index contributed by atoms with van der Waals surface area (Å²) in [4.78, 5) is 0. The molecule has 0 aromatic rings. The van der Waals surface area contributed by atoms with E-state index in [1.807, 2.05) is 0 Å². The molecular weight excluding hydrogens is 456 g/mol. The van der Waals surface area contributed by atoms with E-state index in [1.165, 1.54) is 12.8 Å². The van der Waals surface area contributed by atoms with Crippen LogP contribution in [0.15, 0.2) is 0 Å². The summed E-state index contributed by atoms with van der Waals surface area (Å²) in [5, 5.41) is 0. The molecule has 0 N–H and O–H groups in total. The van der Waals surface area contributed by atoms with Gasteiger partial charge in [-0.25, -0.2) is 0 Å². The second kappa shape index (κ2) is 13.7. The fourth-order valence-corrected chi connectivity index (χ4v) is 13.8. The van der Waals surface area contributed by atoms with Gasteiger partial charge in [0.2, 0.25) is 0 Å². The van der Waals surface area contributed by atoms with E-state index in [0.29, 0.717) is 0 Å². The van der Waals surface area contributed by atoms with Crippen molar-refractivity contribution in [1.29, 1.82) is 0 Å². The normalized spacial score (nSPS) is 14.6. The van der Waals surface area contributed by atoms with Crippen LogP contribution in [0.4, 0.5) is 0 Å². The third kappa shape index (κ3) is 16.9. The molecule has 0 saturated heterocycles. The largest absolute Gasteiger partial charge is 0.389 e. The van der Waals surface area contributed by atoms with Gasteiger partial charge in [-0.2, -0.15) is 0 Å². The van der Waals surface area contributed by atoms with Crippen molar-refractivity contribution in [3.63, 3.8) is 0 Å². The quantitative estimate of drug-likeness (QED) is 0.160. The standard InChI is InChI=1S/C28H62O4Si2/c1-15-17-21-33(29-25(3,4)5,30-26(6,7)8)23-19-20-24-34(22-18-16-2,31-27(9,10)11)32-28(12,13)14/h15-24H2,1-14H3. The Labute approximate surface area is 216 Å². The van der Waals surface area contributed by atoms with Gasteiger partial charge in [-0.1, -0.05) is 52.4 Å². The van der Waals surface area contributed by atoms with Gasteiger partial charge in [-0.3, -0.25) is 0 Å². The fraction of sp³-hybridized carbons (Fsp3) is 1.00. The van der Waals surface area contributed by atoms with E-state index < -0.39 is 17.1 Å². The van der Waals surface area contributed by atoms with Crippen LogP contribution in [0.3, 0.4) is 0 Å². The summed E-state index contributed by atoms with van der Waals surface area (Å²) in [7, 11) is -4.74. The molecule has 0 bridgehead atoms. The first kappa shape index (κ1) is 34.3. The smallest absolute Gasteiger partial charge is 0.338 e. The van der Waals surface area contributed by atoms with Crippen molar-refractivity contribution in [3.05, 3.63) is 0 Å². The zero-order valence-corrected chi connectivity index (χ0v) is 27.7. The lowest BCUT2D eigenvalue weighted by atomic mass is 10.2. The Morgan fingerprint density at radius 2 is 0.588 bits per heavy atom. The maximum atomic E-state index is 6.83. The highest BCUT2D eigenvalue weighted by Gasteiger charge is 2.45. The minimum absolute atomic E-state index is 0.199. The monoisotopic (exact) mass is 518 g/mol. The highest BCUT2D eigenvalue weighted by Crippen LogP contribution is 2.36. The van der Waals surface area contributed by atoms with Crippen LogP contribution in [-0.2, 0) is 17.7 Å². The van der Waals surface area contributed by atoms with E-state index in [9.17, 15) is 0 Å². The van der Waals surface area contributed by atoms with Crippen molar-refractivity contribution in [2.45, 2.75) is 182 Å². The molecule has 0 aliphatic carbocycles. The van der Waals surface area contributed by atoms with Crippen molar-refractivity contribution >= 4 is 17.1 Å². The Hall–Kier alpha value is 0.274. The van der Waals surface area contributed by atoms with Crippen LogP contribution in [0.25, 0.3) is 0 Å². The highest BCUT2D eigenvalue weighted by atomic mass is 28.4. The molecule has 0 heterocycles. The third-order valence-corrected chi connectivity index (χ3v) is 13.6. The van der Waals surface area contributed by atoms with Crippen LogP contribution in [0.2, 0.25) is 24.2 Å². The second-order valence-corrected chi connectivity index (χ2v) is 20.6. The Bertz CT molecular complexity index is 469. The Morgan fingerprint density at radius 1 is 0.382 bits per heavy atom. The first-order valence-electron chi connectivity index (χ1n) is 14.0. The SMILES string of the molecule is CCCC[Si](CCCC[Si](CCCC)(OC(C)(C)C)OC(C)(C)C)(OC(C)(C)C)OC(C)(C)C. The number of unbranched alkanes of at least 4 members (excludes halogenated alkanes) is 3. The molecule has 6 heteroatoms. The van der Waals surface area contributed by atoms with Crippen LogP contribution in [0.5, 0.6) is 0 Å². The Balaban J connectivity index is 5.72. The first-order valence-corrected chi connectivity index (χ1v) is 18.4. The molecule has 4 nitrogen and oxygen atoms in total. The summed E-state index contributed by atoms with van der Waals surface area (Å²) in [6.07, 6.45) is 6.86. The minimum Gasteiger partial charge on any atom is -0.389 e. The van der Waals surface area contributed by atoms with Gasteiger partial charge in [-0.15, -0.1) is 0 Å². The summed E-state index contributed by atoms with van der Waals surface area (Å²) in [6.45, 7) is 30.6. The molecule has 0 radical (unpaired) electrons. The molecule has 0 aromatic carbocycles. The van der Waals surface area contributed by atoms with Gasteiger partial charge in [0.25, 0.3) is 0 Å². The maximum Gasteiger partial charge on any atom is 0.338 e. The lowest BCUT2D eigenvalue weighted by molar-refractivity contribution is 0.0101. The highest BCUT2D eigenvalue weighted by molar-refractivity contribution is 6.68. The van der Waals surface area contributed by atoms with E-state index >= 15 is 0 Å². The molecule has 0 aliphatic rings. The molecule has 0 spiro atoms. The fourth-order valence-electron chi connectivity index (χ4n) is 4.61. The Kier molecular flexibility index (Phi) is 13.8. The van der Waals surface area contributed by atoms with E-state index in [0.717, 1.165) is 49.9 Å². The molecule has 0 unspecified atom stereocenters. The molecular formula is C28H62O4Si2. The lowest BCUT2D eigenvalue weighted by Gasteiger charge is -2.43. The van der Waals surface area contributed by atoms with Gasteiger partial charge < -0.3 is 17.7 Å². The summed E-state index contributed by atoms with van der Waals surface area (Å²) >= 11 is 0. The second-order valence-electron chi connectivity index (χ2n) is 14.1. The summed E-state index contributed by atoms with van der Waals surface area (Å²) in [5.74, 6) is 0. The average Bonchev–Trinajstić information content (AvgIpc) is 2.56. The van der Waals surface area contributed by atoms with Gasteiger partial charge in [-0.05, 0) is 107 Å². The molecule has 34 heavy (non-hydrogen) atoms. The van der Waals surface area contributed by atoms with Gasteiger partial charge in [0.1, 0.15) is 0 Å². The van der Waals surface area contributed by atoms with Crippen LogP contribution >= 0.6 is 0 Å². The van der Waals surface area contributed by atoms with Crippen molar-refractivity contribution < 1.29 is 17.7 Å². The molecule has 0 saturated carbocycles. The average molecular weight is 519 g/mol. The molecule has 0 atom stereocenters. The molecule has 0 amide bonds. The third-order valence-electron chi connectivity index (χ3n) is 5.16. The lowest BCUT2D eigenvalue weighted by Crippen LogP contribution is -2.52. The van der Waals surface area contributed by atoms with Gasteiger partial charge in [0.15, 0.2) is 0 Å². The van der Waals surface area contributed by atoms with Crippen LogP contribution in [-0.4, -0.2) is 39.5 Å².